The first-order valence-electron chi connectivity index (χ1n) is 6.95. The van der Waals surface area contributed by atoms with Gasteiger partial charge in [-0.3, -0.25) is 0 Å². The molecule has 0 heterocycles. The molecule has 0 amide bonds. The molecule has 15 heavy (non-hydrogen) atoms. The Morgan fingerprint density at radius 3 is 2.53 bits per heavy atom. The van der Waals surface area contributed by atoms with Crippen molar-refractivity contribution in [3.05, 3.63) is 0 Å². The molecule has 0 aromatic rings. The van der Waals surface area contributed by atoms with Crippen molar-refractivity contribution in [1.29, 1.82) is 0 Å². The highest BCUT2D eigenvalue weighted by Gasteiger charge is 2.67. The van der Waals surface area contributed by atoms with E-state index in [1.807, 2.05) is 0 Å². The molecule has 1 spiro atoms. The Morgan fingerprint density at radius 2 is 1.93 bits per heavy atom. The van der Waals surface area contributed by atoms with Gasteiger partial charge in [-0.25, -0.2) is 0 Å². The predicted octanol–water partition coefficient (Wildman–Crippen LogP) is 3.51. The SMILES string of the molecule is CCCCC1(O)C2CCC(C2)C12CCC2. The molecule has 0 aromatic heterocycles. The van der Waals surface area contributed by atoms with E-state index in [4.69, 9.17) is 0 Å². The fourth-order valence-corrected chi connectivity index (χ4v) is 4.98. The van der Waals surface area contributed by atoms with Crippen LogP contribution >= 0.6 is 0 Å². The van der Waals surface area contributed by atoms with Crippen LogP contribution in [0.1, 0.15) is 64.7 Å². The molecule has 3 aliphatic rings. The minimum Gasteiger partial charge on any atom is -0.389 e. The summed E-state index contributed by atoms with van der Waals surface area (Å²) in [6, 6.07) is 0. The number of unbranched alkanes of at least 4 members (excludes halogenated alkanes) is 1. The number of hydrogen-bond donors (Lipinski definition) is 1. The van der Waals surface area contributed by atoms with Crippen molar-refractivity contribution in [2.75, 3.05) is 0 Å². The van der Waals surface area contributed by atoms with Crippen LogP contribution in [-0.2, 0) is 0 Å². The molecule has 0 radical (unpaired) electrons. The maximum atomic E-state index is 11.1. The summed E-state index contributed by atoms with van der Waals surface area (Å²) in [7, 11) is 0. The highest BCUT2D eigenvalue weighted by molar-refractivity contribution is 5.18. The lowest BCUT2D eigenvalue weighted by Crippen LogP contribution is -2.56. The van der Waals surface area contributed by atoms with E-state index < -0.39 is 0 Å². The van der Waals surface area contributed by atoms with Crippen LogP contribution in [0.4, 0.5) is 0 Å². The molecule has 1 heteroatoms. The lowest BCUT2D eigenvalue weighted by molar-refractivity contribution is -0.167. The van der Waals surface area contributed by atoms with Gasteiger partial charge in [0.1, 0.15) is 0 Å². The number of hydrogen-bond acceptors (Lipinski definition) is 1. The van der Waals surface area contributed by atoms with Gasteiger partial charge in [-0.05, 0) is 50.4 Å². The van der Waals surface area contributed by atoms with Crippen molar-refractivity contribution >= 4 is 0 Å². The smallest absolute Gasteiger partial charge is 0.0734 e. The van der Waals surface area contributed by atoms with E-state index in [9.17, 15) is 5.11 Å². The monoisotopic (exact) mass is 208 g/mol. The van der Waals surface area contributed by atoms with E-state index >= 15 is 0 Å². The van der Waals surface area contributed by atoms with Crippen molar-refractivity contribution in [3.8, 4) is 0 Å². The molecule has 2 bridgehead atoms. The summed E-state index contributed by atoms with van der Waals surface area (Å²) in [4.78, 5) is 0. The fraction of sp³-hybridized carbons (Fsp3) is 1.00. The average molecular weight is 208 g/mol. The highest BCUT2D eigenvalue weighted by atomic mass is 16.3. The van der Waals surface area contributed by atoms with Gasteiger partial charge in [0.15, 0.2) is 0 Å². The maximum Gasteiger partial charge on any atom is 0.0734 e. The zero-order valence-corrected chi connectivity index (χ0v) is 9.97. The van der Waals surface area contributed by atoms with E-state index in [2.05, 4.69) is 6.92 Å². The van der Waals surface area contributed by atoms with E-state index in [-0.39, 0.29) is 5.60 Å². The summed E-state index contributed by atoms with van der Waals surface area (Å²) >= 11 is 0. The van der Waals surface area contributed by atoms with Gasteiger partial charge in [0, 0.05) is 5.41 Å². The summed E-state index contributed by atoms with van der Waals surface area (Å²) in [5.41, 5.74) is 0.148. The second kappa shape index (κ2) is 3.23. The van der Waals surface area contributed by atoms with E-state index in [0.29, 0.717) is 11.3 Å². The van der Waals surface area contributed by atoms with Crippen LogP contribution in [0.3, 0.4) is 0 Å². The molecule has 86 valence electrons. The standard InChI is InChI=1S/C14H24O/c1-2-3-9-14(15)12-6-5-11(10-12)13(14)7-4-8-13/h11-12,15H,2-10H2,1H3. The quantitative estimate of drug-likeness (QED) is 0.752. The topological polar surface area (TPSA) is 20.2 Å². The van der Waals surface area contributed by atoms with Gasteiger partial charge in [0.05, 0.1) is 5.60 Å². The van der Waals surface area contributed by atoms with Gasteiger partial charge in [-0.15, -0.1) is 0 Å². The van der Waals surface area contributed by atoms with E-state index in [1.165, 1.54) is 51.4 Å². The zero-order valence-electron chi connectivity index (χ0n) is 9.97. The normalized spacial score (nSPS) is 46.0. The minimum absolute atomic E-state index is 0.246. The lowest BCUT2D eigenvalue weighted by atomic mass is 9.51. The van der Waals surface area contributed by atoms with Crippen molar-refractivity contribution in [1.82, 2.24) is 0 Å². The Labute approximate surface area is 93.3 Å². The molecule has 0 aliphatic heterocycles. The number of rotatable bonds is 3. The first-order valence-corrected chi connectivity index (χ1v) is 6.95. The van der Waals surface area contributed by atoms with Crippen LogP contribution in [-0.4, -0.2) is 10.7 Å². The molecule has 0 saturated heterocycles. The van der Waals surface area contributed by atoms with Crippen molar-refractivity contribution in [2.24, 2.45) is 17.3 Å². The van der Waals surface area contributed by atoms with Gasteiger partial charge in [-0.1, -0.05) is 26.2 Å². The molecule has 3 unspecified atom stereocenters. The molecule has 3 saturated carbocycles. The summed E-state index contributed by atoms with van der Waals surface area (Å²) in [5, 5.41) is 11.1. The number of aliphatic hydroxyl groups is 1. The third-order valence-corrected chi connectivity index (χ3v) is 5.91. The van der Waals surface area contributed by atoms with Crippen molar-refractivity contribution in [3.63, 3.8) is 0 Å². The summed E-state index contributed by atoms with van der Waals surface area (Å²) in [6.07, 6.45) is 11.6. The first-order chi connectivity index (χ1) is 7.23. The van der Waals surface area contributed by atoms with Crippen LogP contribution in [0, 0.1) is 17.3 Å². The summed E-state index contributed by atoms with van der Waals surface area (Å²) < 4.78 is 0. The third kappa shape index (κ3) is 1.08. The first kappa shape index (κ1) is 10.1. The fourth-order valence-electron chi connectivity index (χ4n) is 4.98. The molecule has 3 atom stereocenters. The van der Waals surface area contributed by atoms with E-state index in [0.717, 1.165) is 12.3 Å². The zero-order chi connectivity index (χ0) is 10.5. The molecular weight excluding hydrogens is 184 g/mol. The molecule has 3 fully saturated rings. The van der Waals surface area contributed by atoms with E-state index in [1.54, 1.807) is 0 Å². The Balaban J connectivity index is 1.85. The lowest BCUT2D eigenvalue weighted by Gasteiger charge is -2.56. The van der Waals surface area contributed by atoms with Crippen LogP contribution in [0.15, 0.2) is 0 Å². The molecule has 1 N–H and O–H groups in total. The van der Waals surface area contributed by atoms with Gasteiger partial charge in [0.25, 0.3) is 0 Å². The van der Waals surface area contributed by atoms with Crippen molar-refractivity contribution in [2.45, 2.75) is 70.3 Å². The minimum atomic E-state index is -0.246. The Morgan fingerprint density at radius 1 is 1.20 bits per heavy atom. The molecule has 1 nitrogen and oxygen atoms in total. The molecule has 0 aromatic carbocycles. The third-order valence-electron chi connectivity index (χ3n) is 5.91. The van der Waals surface area contributed by atoms with Gasteiger partial charge in [0.2, 0.25) is 0 Å². The van der Waals surface area contributed by atoms with Gasteiger partial charge < -0.3 is 5.11 Å². The predicted molar refractivity (Wildman–Crippen MR) is 61.6 cm³/mol. The molecule has 3 aliphatic carbocycles. The Bertz CT molecular complexity index is 256. The Kier molecular flexibility index (Phi) is 2.18. The van der Waals surface area contributed by atoms with Crippen LogP contribution in [0.2, 0.25) is 0 Å². The summed E-state index contributed by atoms with van der Waals surface area (Å²) in [6.45, 7) is 2.24. The second-order valence-electron chi connectivity index (χ2n) is 6.24. The van der Waals surface area contributed by atoms with Gasteiger partial charge in [-0.2, -0.15) is 0 Å². The molecule has 3 rings (SSSR count). The van der Waals surface area contributed by atoms with Crippen molar-refractivity contribution < 1.29 is 5.11 Å². The second-order valence-corrected chi connectivity index (χ2v) is 6.24. The number of fused-ring (bicyclic) bond motifs is 3. The average Bonchev–Trinajstić information content (AvgIpc) is 2.70. The Hall–Kier alpha value is -0.0400. The molecular formula is C14H24O. The largest absolute Gasteiger partial charge is 0.389 e. The van der Waals surface area contributed by atoms with Crippen LogP contribution < -0.4 is 0 Å². The summed E-state index contributed by atoms with van der Waals surface area (Å²) in [5.74, 6) is 1.55. The highest BCUT2D eigenvalue weighted by Crippen LogP contribution is 2.70. The van der Waals surface area contributed by atoms with Crippen LogP contribution in [0.25, 0.3) is 0 Å². The van der Waals surface area contributed by atoms with Crippen LogP contribution in [0.5, 0.6) is 0 Å². The van der Waals surface area contributed by atoms with Gasteiger partial charge >= 0.3 is 0 Å². The maximum absolute atomic E-state index is 11.1.